The third kappa shape index (κ3) is 2.39. The monoisotopic (exact) mass is 207 g/mol. The number of nitrogens with zero attached hydrogens (tertiary/aromatic N) is 1. The number of rotatable bonds is 3. The lowest BCUT2D eigenvalue weighted by Crippen LogP contribution is -2.33. The minimum Gasteiger partial charge on any atom is -0.397 e. The number of aliphatic hydroxyl groups excluding tert-OH is 1. The number of pyridine rings is 1. The zero-order valence-electron chi connectivity index (χ0n) is 8.90. The minimum atomic E-state index is -0.0853. The number of aryl methyl sites for hydroxylation is 1. The normalized spacial score (nSPS) is 24.7. The van der Waals surface area contributed by atoms with Crippen LogP contribution in [0, 0.1) is 12.8 Å². The number of anilines is 2. The molecule has 1 heterocycles. The molecule has 4 heteroatoms. The van der Waals surface area contributed by atoms with Crippen molar-refractivity contribution in [1.29, 1.82) is 0 Å². The zero-order chi connectivity index (χ0) is 10.8. The van der Waals surface area contributed by atoms with Gasteiger partial charge < -0.3 is 16.2 Å². The van der Waals surface area contributed by atoms with Gasteiger partial charge in [-0.05, 0) is 37.3 Å². The van der Waals surface area contributed by atoms with Gasteiger partial charge in [-0.15, -0.1) is 0 Å². The molecular weight excluding hydrogens is 190 g/mol. The summed E-state index contributed by atoms with van der Waals surface area (Å²) in [5.41, 5.74) is 7.44. The molecule has 0 unspecified atom stereocenters. The Balaban J connectivity index is 1.86. The third-order valence-electron chi connectivity index (χ3n) is 2.93. The molecule has 4 N–H and O–H groups in total. The van der Waals surface area contributed by atoms with Crippen LogP contribution >= 0.6 is 0 Å². The van der Waals surface area contributed by atoms with E-state index in [0.29, 0.717) is 5.92 Å². The van der Waals surface area contributed by atoms with Crippen LogP contribution in [0.25, 0.3) is 0 Å². The van der Waals surface area contributed by atoms with Crippen LogP contribution in [0.3, 0.4) is 0 Å². The fourth-order valence-corrected chi connectivity index (χ4v) is 1.78. The summed E-state index contributed by atoms with van der Waals surface area (Å²) in [6, 6.07) is 1.95. The van der Waals surface area contributed by atoms with E-state index in [1.54, 1.807) is 6.20 Å². The molecule has 1 saturated carbocycles. The quantitative estimate of drug-likeness (QED) is 0.695. The highest BCUT2D eigenvalue weighted by Gasteiger charge is 2.26. The molecule has 4 nitrogen and oxygen atoms in total. The van der Waals surface area contributed by atoms with Crippen molar-refractivity contribution in [3.63, 3.8) is 0 Å². The number of nitrogens with two attached hydrogens (primary N) is 1. The van der Waals surface area contributed by atoms with E-state index in [1.807, 2.05) is 13.0 Å². The maximum Gasteiger partial charge on any atom is 0.126 e. The van der Waals surface area contributed by atoms with Crippen LogP contribution in [-0.2, 0) is 0 Å². The van der Waals surface area contributed by atoms with Gasteiger partial charge in [-0.1, -0.05) is 0 Å². The van der Waals surface area contributed by atoms with Gasteiger partial charge in [0.05, 0.1) is 18.0 Å². The summed E-state index contributed by atoms with van der Waals surface area (Å²) in [7, 11) is 0. The van der Waals surface area contributed by atoms with Gasteiger partial charge in [-0.3, -0.25) is 0 Å². The van der Waals surface area contributed by atoms with Gasteiger partial charge in [0.25, 0.3) is 0 Å². The Bertz CT molecular complexity index is 348. The molecule has 1 aliphatic rings. The summed E-state index contributed by atoms with van der Waals surface area (Å²) in [6.45, 7) is 2.85. The molecule has 1 fully saturated rings. The molecule has 0 aliphatic heterocycles. The lowest BCUT2D eigenvalue weighted by atomic mass is 9.82. The van der Waals surface area contributed by atoms with Gasteiger partial charge >= 0.3 is 0 Å². The molecule has 0 saturated heterocycles. The van der Waals surface area contributed by atoms with Crippen molar-refractivity contribution in [2.45, 2.75) is 25.9 Å². The molecule has 15 heavy (non-hydrogen) atoms. The summed E-state index contributed by atoms with van der Waals surface area (Å²) < 4.78 is 0. The first-order valence-electron chi connectivity index (χ1n) is 5.29. The predicted molar refractivity (Wildman–Crippen MR) is 60.6 cm³/mol. The Morgan fingerprint density at radius 2 is 2.33 bits per heavy atom. The minimum absolute atomic E-state index is 0.0853. The first kappa shape index (κ1) is 10.2. The Labute approximate surface area is 89.5 Å². The first-order chi connectivity index (χ1) is 7.15. The summed E-state index contributed by atoms with van der Waals surface area (Å²) in [5.74, 6) is 1.45. The average Bonchev–Trinajstić information content (AvgIpc) is 2.16. The van der Waals surface area contributed by atoms with Crippen LogP contribution in [0.1, 0.15) is 18.4 Å². The second-order valence-corrected chi connectivity index (χ2v) is 4.30. The molecule has 0 atom stereocenters. The van der Waals surface area contributed by atoms with E-state index in [0.717, 1.165) is 36.5 Å². The van der Waals surface area contributed by atoms with Crippen molar-refractivity contribution in [2.75, 3.05) is 17.6 Å². The van der Waals surface area contributed by atoms with Crippen molar-refractivity contribution in [1.82, 2.24) is 4.98 Å². The Hall–Kier alpha value is -1.29. The van der Waals surface area contributed by atoms with E-state index < -0.39 is 0 Å². The Morgan fingerprint density at radius 3 is 2.93 bits per heavy atom. The van der Waals surface area contributed by atoms with E-state index in [-0.39, 0.29) is 6.10 Å². The topological polar surface area (TPSA) is 71.2 Å². The largest absolute Gasteiger partial charge is 0.397 e. The number of nitrogen functional groups attached to an aromatic ring is 1. The highest BCUT2D eigenvalue weighted by molar-refractivity contribution is 5.50. The molecule has 1 aliphatic carbocycles. The Morgan fingerprint density at radius 1 is 1.60 bits per heavy atom. The van der Waals surface area contributed by atoms with Gasteiger partial charge in [0.2, 0.25) is 0 Å². The fourth-order valence-electron chi connectivity index (χ4n) is 1.78. The van der Waals surface area contributed by atoms with Crippen LogP contribution in [0.4, 0.5) is 11.5 Å². The molecule has 0 aromatic carbocycles. The smallest absolute Gasteiger partial charge is 0.126 e. The summed E-state index contributed by atoms with van der Waals surface area (Å²) in [5, 5.41) is 12.4. The van der Waals surface area contributed by atoms with Crippen molar-refractivity contribution in [3.05, 3.63) is 17.8 Å². The molecule has 82 valence electrons. The van der Waals surface area contributed by atoms with Gasteiger partial charge in [-0.2, -0.15) is 0 Å². The molecule has 0 spiro atoms. The molecule has 1 aromatic heterocycles. The maximum absolute atomic E-state index is 9.14. The van der Waals surface area contributed by atoms with Gasteiger partial charge in [0, 0.05) is 6.54 Å². The first-order valence-corrected chi connectivity index (χ1v) is 5.29. The Kier molecular flexibility index (Phi) is 2.77. The standard InChI is InChI=1S/C11H17N3O/c1-7-2-11(14-6-10(7)12)13-5-8-3-9(15)4-8/h2,6,8-9,15H,3-5,12H2,1H3,(H,13,14). The molecular formula is C11H17N3O. The van der Waals surface area contributed by atoms with Gasteiger partial charge in [-0.25, -0.2) is 4.98 Å². The maximum atomic E-state index is 9.14. The summed E-state index contributed by atoms with van der Waals surface area (Å²) in [6.07, 6.45) is 3.40. The van der Waals surface area contributed by atoms with Crippen LogP contribution in [0.5, 0.6) is 0 Å². The second-order valence-electron chi connectivity index (χ2n) is 4.30. The third-order valence-corrected chi connectivity index (χ3v) is 2.93. The van der Waals surface area contributed by atoms with Gasteiger partial charge in [0.1, 0.15) is 5.82 Å². The van der Waals surface area contributed by atoms with Crippen LogP contribution in [0.2, 0.25) is 0 Å². The molecule has 0 amide bonds. The van der Waals surface area contributed by atoms with E-state index in [1.165, 1.54) is 0 Å². The highest BCUT2D eigenvalue weighted by atomic mass is 16.3. The summed E-state index contributed by atoms with van der Waals surface area (Å²) >= 11 is 0. The van der Waals surface area contributed by atoms with E-state index in [4.69, 9.17) is 10.8 Å². The number of hydrogen-bond donors (Lipinski definition) is 3. The van der Waals surface area contributed by atoms with Gasteiger partial charge in [0.15, 0.2) is 0 Å². The van der Waals surface area contributed by atoms with Crippen LogP contribution in [0.15, 0.2) is 12.3 Å². The van der Waals surface area contributed by atoms with Crippen LogP contribution in [-0.4, -0.2) is 22.7 Å². The fraction of sp³-hybridized carbons (Fsp3) is 0.545. The van der Waals surface area contributed by atoms with Crippen molar-refractivity contribution in [3.8, 4) is 0 Å². The predicted octanol–water partition coefficient (Wildman–Crippen LogP) is 1.16. The SMILES string of the molecule is Cc1cc(NCC2CC(O)C2)ncc1N. The molecule has 1 aromatic rings. The lowest BCUT2D eigenvalue weighted by Gasteiger charge is -2.31. The molecule has 0 bridgehead atoms. The van der Waals surface area contributed by atoms with E-state index in [9.17, 15) is 0 Å². The van der Waals surface area contributed by atoms with E-state index in [2.05, 4.69) is 10.3 Å². The number of nitrogens with one attached hydrogen (secondary N) is 1. The zero-order valence-corrected chi connectivity index (χ0v) is 8.90. The highest BCUT2D eigenvalue weighted by Crippen LogP contribution is 2.27. The summed E-state index contributed by atoms with van der Waals surface area (Å²) in [4.78, 5) is 4.19. The average molecular weight is 207 g/mol. The number of aromatic nitrogens is 1. The number of aliphatic hydroxyl groups is 1. The molecule has 2 rings (SSSR count). The second kappa shape index (κ2) is 4.06. The molecule has 0 radical (unpaired) electrons. The lowest BCUT2D eigenvalue weighted by molar-refractivity contribution is 0.0486. The van der Waals surface area contributed by atoms with Crippen molar-refractivity contribution < 1.29 is 5.11 Å². The van der Waals surface area contributed by atoms with Crippen molar-refractivity contribution in [2.24, 2.45) is 5.92 Å². The number of hydrogen-bond acceptors (Lipinski definition) is 4. The van der Waals surface area contributed by atoms with Crippen LogP contribution < -0.4 is 11.1 Å². The van der Waals surface area contributed by atoms with Crippen molar-refractivity contribution >= 4 is 11.5 Å². The van der Waals surface area contributed by atoms with E-state index >= 15 is 0 Å².